The average Bonchev–Trinajstić information content (AvgIpc) is 2.46. The van der Waals surface area contributed by atoms with Crippen LogP contribution in [-0.2, 0) is 0 Å². The second-order valence-corrected chi connectivity index (χ2v) is 7.69. The highest BCUT2D eigenvalue weighted by atomic mass is 35.5. The van der Waals surface area contributed by atoms with Crippen molar-refractivity contribution in [2.24, 2.45) is 10.8 Å². The Kier molecular flexibility index (Phi) is 2.95. The van der Waals surface area contributed by atoms with Crippen LogP contribution in [0.1, 0.15) is 40.0 Å². The van der Waals surface area contributed by atoms with Crippen molar-refractivity contribution in [3.05, 3.63) is 10.6 Å². The molecule has 4 nitrogen and oxygen atoms in total. The lowest BCUT2D eigenvalue weighted by atomic mass is 9.65. The molecular formula is C13H18Cl2N4. The van der Waals surface area contributed by atoms with E-state index in [4.69, 9.17) is 23.2 Å². The molecule has 3 rings (SSSR count). The van der Waals surface area contributed by atoms with Gasteiger partial charge in [-0.05, 0) is 53.3 Å². The minimum absolute atomic E-state index is 0.167. The van der Waals surface area contributed by atoms with E-state index in [1.54, 1.807) is 0 Å². The lowest BCUT2D eigenvalue weighted by molar-refractivity contribution is 0.136. The molecule has 2 aliphatic rings. The molecule has 1 aliphatic heterocycles. The van der Waals surface area contributed by atoms with E-state index in [-0.39, 0.29) is 10.6 Å². The molecule has 2 heterocycles. The van der Waals surface area contributed by atoms with Crippen LogP contribution in [-0.4, -0.2) is 27.5 Å². The summed E-state index contributed by atoms with van der Waals surface area (Å²) in [5.74, 6) is 0.622. The Morgan fingerprint density at radius 1 is 1.05 bits per heavy atom. The Morgan fingerprint density at radius 3 is 2.32 bits per heavy atom. The molecule has 6 heteroatoms. The number of aromatic nitrogens is 3. The van der Waals surface area contributed by atoms with Crippen LogP contribution in [0.3, 0.4) is 0 Å². The summed E-state index contributed by atoms with van der Waals surface area (Å²) >= 11 is 11.8. The fourth-order valence-electron chi connectivity index (χ4n) is 4.14. The number of halogens is 2. The first-order valence-corrected chi connectivity index (χ1v) is 7.36. The van der Waals surface area contributed by atoms with Gasteiger partial charge in [-0.2, -0.15) is 15.0 Å². The van der Waals surface area contributed by atoms with Gasteiger partial charge >= 0.3 is 0 Å². The van der Waals surface area contributed by atoms with Gasteiger partial charge in [0.05, 0.1) is 0 Å². The molecule has 1 saturated carbocycles. The Bertz CT molecular complexity index is 499. The zero-order valence-electron chi connectivity index (χ0n) is 11.5. The third-order valence-electron chi connectivity index (χ3n) is 4.24. The number of anilines is 1. The standard InChI is InChI=1S/C13H18Cl2N4/c1-12(2)4-8-5-13(3,6-12)7-19(8)11-17-9(14)16-10(15)18-11/h8H,4-7H2,1-3H3. The summed E-state index contributed by atoms with van der Waals surface area (Å²) in [6.07, 6.45) is 3.58. The predicted octanol–water partition coefficient (Wildman–Crippen LogP) is 3.58. The quantitative estimate of drug-likeness (QED) is 0.795. The number of rotatable bonds is 1. The summed E-state index contributed by atoms with van der Waals surface area (Å²) in [5, 5.41) is 0.335. The van der Waals surface area contributed by atoms with Crippen molar-refractivity contribution in [1.82, 2.24) is 15.0 Å². The van der Waals surface area contributed by atoms with Crippen LogP contribution in [0.5, 0.6) is 0 Å². The number of fused-ring (bicyclic) bond motifs is 2. The summed E-state index contributed by atoms with van der Waals surface area (Å²) in [7, 11) is 0. The average molecular weight is 301 g/mol. The molecule has 0 aromatic carbocycles. The lowest BCUT2D eigenvalue weighted by Gasteiger charge is -2.39. The molecular weight excluding hydrogens is 283 g/mol. The second kappa shape index (κ2) is 4.19. The van der Waals surface area contributed by atoms with E-state index in [0.29, 0.717) is 22.8 Å². The predicted molar refractivity (Wildman–Crippen MR) is 76.7 cm³/mol. The van der Waals surface area contributed by atoms with Gasteiger partial charge in [0.2, 0.25) is 16.5 Å². The van der Waals surface area contributed by atoms with E-state index >= 15 is 0 Å². The molecule has 104 valence electrons. The van der Waals surface area contributed by atoms with Gasteiger partial charge in [0.15, 0.2) is 0 Å². The zero-order valence-corrected chi connectivity index (χ0v) is 13.0. The Hall–Kier alpha value is -0.610. The van der Waals surface area contributed by atoms with Crippen molar-refractivity contribution in [1.29, 1.82) is 0 Å². The van der Waals surface area contributed by atoms with Crippen LogP contribution in [0.15, 0.2) is 0 Å². The Morgan fingerprint density at radius 2 is 1.68 bits per heavy atom. The first kappa shape index (κ1) is 13.4. The molecule has 2 atom stereocenters. The van der Waals surface area contributed by atoms with Gasteiger partial charge in [-0.25, -0.2) is 0 Å². The summed E-state index contributed by atoms with van der Waals surface area (Å²) in [5.41, 5.74) is 0.699. The molecule has 19 heavy (non-hydrogen) atoms. The third kappa shape index (κ3) is 2.52. The van der Waals surface area contributed by atoms with Crippen LogP contribution < -0.4 is 4.90 Å². The Balaban J connectivity index is 1.95. The first-order chi connectivity index (χ1) is 8.76. The van der Waals surface area contributed by atoms with Crippen LogP contribution in [0, 0.1) is 10.8 Å². The summed E-state index contributed by atoms with van der Waals surface area (Å²) in [6, 6.07) is 0.475. The van der Waals surface area contributed by atoms with E-state index in [9.17, 15) is 0 Å². The third-order valence-corrected chi connectivity index (χ3v) is 4.58. The SMILES string of the molecule is CC1(C)CC2CC(C)(CN2c2nc(Cl)nc(Cl)n2)C1. The fraction of sp³-hybridized carbons (Fsp3) is 0.769. The maximum absolute atomic E-state index is 5.89. The maximum Gasteiger partial charge on any atom is 0.231 e. The molecule has 1 aliphatic carbocycles. The normalized spacial score (nSPS) is 32.7. The highest BCUT2D eigenvalue weighted by Crippen LogP contribution is 2.53. The molecule has 0 N–H and O–H groups in total. The van der Waals surface area contributed by atoms with Gasteiger partial charge in [-0.1, -0.05) is 20.8 Å². The van der Waals surface area contributed by atoms with Gasteiger partial charge in [0, 0.05) is 12.6 Å². The topological polar surface area (TPSA) is 41.9 Å². The number of hydrogen-bond acceptors (Lipinski definition) is 4. The Labute approximate surface area is 123 Å². The fourth-order valence-corrected chi connectivity index (χ4v) is 4.49. The van der Waals surface area contributed by atoms with Crippen molar-refractivity contribution in [3.63, 3.8) is 0 Å². The molecule has 2 unspecified atom stereocenters. The molecule has 2 bridgehead atoms. The molecule has 0 amide bonds. The van der Waals surface area contributed by atoms with Gasteiger partial charge in [-0.3, -0.25) is 0 Å². The van der Waals surface area contributed by atoms with Crippen molar-refractivity contribution in [3.8, 4) is 0 Å². The molecule has 1 aromatic heterocycles. The molecule has 0 spiro atoms. The summed E-state index contributed by atoms with van der Waals surface area (Å²) < 4.78 is 0. The minimum atomic E-state index is 0.167. The van der Waals surface area contributed by atoms with Crippen molar-refractivity contribution >= 4 is 29.2 Å². The van der Waals surface area contributed by atoms with E-state index in [2.05, 4.69) is 40.6 Å². The zero-order chi connectivity index (χ0) is 13.8. The molecule has 0 radical (unpaired) electrons. The van der Waals surface area contributed by atoms with Crippen LogP contribution in [0.2, 0.25) is 10.6 Å². The summed E-state index contributed by atoms with van der Waals surface area (Å²) in [4.78, 5) is 14.6. The monoisotopic (exact) mass is 300 g/mol. The first-order valence-electron chi connectivity index (χ1n) is 6.60. The van der Waals surface area contributed by atoms with Gasteiger partial charge in [0.25, 0.3) is 0 Å². The smallest absolute Gasteiger partial charge is 0.231 e. The van der Waals surface area contributed by atoms with Crippen LogP contribution in [0.4, 0.5) is 5.95 Å². The maximum atomic E-state index is 5.89. The van der Waals surface area contributed by atoms with Crippen LogP contribution in [0.25, 0.3) is 0 Å². The van der Waals surface area contributed by atoms with E-state index in [0.717, 1.165) is 13.0 Å². The van der Waals surface area contributed by atoms with Gasteiger partial charge in [-0.15, -0.1) is 0 Å². The highest BCUT2D eigenvalue weighted by molar-refractivity contribution is 6.31. The largest absolute Gasteiger partial charge is 0.337 e. The molecule has 1 saturated heterocycles. The van der Waals surface area contributed by atoms with Crippen molar-refractivity contribution < 1.29 is 0 Å². The van der Waals surface area contributed by atoms with Gasteiger partial charge in [0.1, 0.15) is 0 Å². The summed E-state index contributed by atoms with van der Waals surface area (Å²) in [6.45, 7) is 8.01. The van der Waals surface area contributed by atoms with Gasteiger partial charge < -0.3 is 4.90 Å². The van der Waals surface area contributed by atoms with Crippen molar-refractivity contribution in [2.75, 3.05) is 11.4 Å². The minimum Gasteiger partial charge on any atom is -0.337 e. The molecule has 1 aromatic rings. The molecule has 2 fully saturated rings. The van der Waals surface area contributed by atoms with E-state index in [1.165, 1.54) is 12.8 Å². The van der Waals surface area contributed by atoms with E-state index < -0.39 is 0 Å². The number of hydrogen-bond donors (Lipinski definition) is 0. The van der Waals surface area contributed by atoms with Crippen LogP contribution >= 0.6 is 23.2 Å². The lowest BCUT2D eigenvalue weighted by Crippen LogP contribution is -2.35. The second-order valence-electron chi connectivity index (χ2n) is 7.02. The highest BCUT2D eigenvalue weighted by Gasteiger charge is 2.50. The van der Waals surface area contributed by atoms with E-state index in [1.807, 2.05) is 0 Å². The van der Waals surface area contributed by atoms with Crippen molar-refractivity contribution in [2.45, 2.75) is 46.1 Å². The number of nitrogens with zero attached hydrogens (tertiary/aromatic N) is 4.